The van der Waals surface area contributed by atoms with Crippen LogP contribution < -0.4 is 10.6 Å². The molecule has 0 bridgehead atoms. The maximum Gasteiger partial charge on any atom is 0.173 e. The van der Waals surface area contributed by atoms with Gasteiger partial charge in [-0.15, -0.1) is 0 Å². The van der Waals surface area contributed by atoms with Crippen LogP contribution in [0.4, 0.5) is 11.5 Å². The van der Waals surface area contributed by atoms with Crippen molar-refractivity contribution in [2.75, 3.05) is 44.4 Å². The molecule has 0 unspecified atom stereocenters. The van der Waals surface area contributed by atoms with E-state index in [9.17, 15) is 0 Å². The minimum Gasteiger partial charge on any atom is -0.394 e. The second-order valence-electron chi connectivity index (χ2n) is 4.37. The molecule has 1 aromatic rings. The first-order chi connectivity index (χ1) is 7.54. The first kappa shape index (κ1) is 12.8. The lowest BCUT2D eigenvalue weighted by Gasteiger charge is -2.24. The molecule has 0 aliphatic carbocycles. The van der Waals surface area contributed by atoms with Crippen LogP contribution in [0.5, 0.6) is 0 Å². The molecule has 5 heteroatoms. The van der Waals surface area contributed by atoms with Crippen molar-refractivity contribution in [3.63, 3.8) is 0 Å². The maximum atomic E-state index is 5.94. The number of nitrogen functional groups attached to an aromatic ring is 1. The van der Waals surface area contributed by atoms with Crippen LogP contribution in [0, 0.1) is 0 Å². The van der Waals surface area contributed by atoms with Gasteiger partial charge in [0, 0.05) is 32.9 Å². The Morgan fingerprint density at radius 1 is 1.31 bits per heavy atom. The standard InChI is InChI=1S/C11H23N5/c1-5-6-16(8-7-14(2)3)11-10(12)9-15(4)13-11/h9H,5-8,12H2,1-4H3. The Balaban J connectivity index is 2.72. The van der Waals surface area contributed by atoms with Gasteiger partial charge in [0.15, 0.2) is 5.82 Å². The lowest BCUT2D eigenvalue weighted by molar-refractivity contribution is 0.412. The van der Waals surface area contributed by atoms with Gasteiger partial charge in [-0.3, -0.25) is 4.68 Å². The highest BCUT2D eigenvalue weighted by molar-refractivity contribution is 5.61. The summed E-state index contributed by atoms with van der Waals surface area (Å²) in [6.45, 7) is 5.13. The maximum absolute atomic E-state index is 5.94. The molecule has 5 nitrogen and oxygen atoms in total. The minimum atomic E-state index is 0.759. The van der Waals surface area contributed by atoms with Gasteiger partial charge in [-0.25, -0.2) is 0 Å². The van der Waals surface area contributed by atoms with E-state index < -0.39 is 0 Å². The van der Waals surface area contributed by atoms with Gasteiger partial charge >= 0.3 is 0 Å². The summed E-state index contributed by atoms with van der Waals surface area (Å²) in [5, 5.41) is 4.41. The Labute approximate surface area is 97.8 Å². The van der Waals surface area contributed by atoms with Crippen molar-refractivity contribution in [2.45, 2.75) is 13.3 Å². The van der Waals surface area contributed by atoms with E-state index in [0.717, 1.165) is 37.6 Å². The third-order valence-electron chi connectivity index (χ3n) is 2.45. The molecule has 92 valence electrons. The molecular formula is C11H23N5. The fraction of sp³-hybridized carbons (Fsp3) is 0.727. The Bertz CT molecular complexity index is 318. The van der Waals surface area contributed by atoms with Crippen LogP contribution in [0.25, 0.3) is 0 Å². The molecule has 0 aliphatic rings. The Kier molecular flexibility index (Phi) is 4.61. The Morgan fingerprint density at radius 2 is 2.00 bits per heavy atom. The zero-order valence-corrected chi connectivity index (χ0v) is 10.8. The highest BCUT2D eigenvalue weighted by Gasteiger charge is 2.12. The summed E-state index contributed by atoms with van der Waals surface area (Å²) in [5.74, 6) is 0.909. The van der Waals surface area contributed by atoms with Crippen LogP contribution in [0.2, 0.25) is 0 Å². The number of rotatable bonds is 6. The average molecular weight is 225 g/mol. The fourth-order valence-corrected chi connectivity index (χ4v) is 1.66. The van der Waals surface area contributed by atoms with E-state index in [1.807, 2.05) is 13.2 Å². The van der Waals surface area contributed by atoms with Crippen LogP contribution >= 0.6 is 0 Å². The predicted molar refractivity (Wildman–Crippen MR) is 68.7 cm³/mol. The van der Waals surface area contributed by atoms with Gasteiger partial charge in [0.05, 0.1) is 5.69 Å². The summed E-state index contributed by atoms with van der Waals surface area (Å²) >= 11 is 0. The largest absolute Gasteiger partial charge is 0.394 e. The van der Waals surface area contributed by atoms with E-state index in [-0.39, 0.29) is 0 Å². The number of aromatic nitrogens is 2. The number of aryl methyl sites for hydroxylation is 1. The van der Waals surface area contributed by atoms with E-state index in [4.69, 9.17) is 5.73 Å². The highest BCUT2D eigenvalue weighted by atomic mass is 15.3. The molecule has 0 aliphatic heterocycles. The smallest absolute Gasteiger partial charge is 0.173 e. The van der Waals surface area contributed by atoms with E-state index in [2.05, 4.69) is 35.9 Å². The molecule has 1 aromatic heterocycles. The number of likely N-dealkylation sites (N-methyl/N-ethyl adjacent to an activating group) is 1. The van der Waals surface area contributed by atoms with Gasteiger partial charge in [0.1, 0.15) is 0 Å². The molecule has 0 saturated heterocycles. The second-order valence-corrected chi connectivity index (χ2v) is 4.37. The SMILES string of the molecule is CCCN(CCN(C)C)c1nn(C)cc1N. The average Bonchev–Trinajstić information content (AvgIpc) is 2.52. The van der Waals surface area contributed by atoms with Gasteiger partial charge in [-0.05, 0) is 20.5 Å². The molecule has 16 heavy (non-hydrogen) atoms. The van der Waals surface area contributed by atoms with Crippen LogP contribution in [0.1, 0.15) is 13.3 Å². The monoisotopic (exact) mass is 225 g/mol. The molecule has 1 rings (SSSR count). The molecule has 0 radical (unpaired) electrons. The molecule has 0 spiro atoms. The number of nitrogens with zero attached hydrogens (tertiary/aromatic N) is 4. The van der Waals surface area contributed by atoms with Crippen LogP contribution in [0.3, 0.4) is 0 Å². The van der Waals surface area contributed by atoms with Crippen molar-refractivity contribution in [3.05, 3.63) is 6.20 Å². The first-order valence-electron chi connectivity index (χ1n) is 5.73. The normalized spacial score (nSPS) is 11.1. The van der Waals surface area contributed by atoms with Crippen molar-refractivity contribution in [2.24, 2.45) is 7.05 Å². The number of hydrogen-bond donors (Lipinski definition) is 1. The zero-order chi connectivity index (χ0) is 12.1. The molecule has 0 aromatic carbocycles. The number of anilines is 2. The lowest BCUT2D eigenvalue weighted by atomic mass is 10.3. The molecular weight excluding hydrogens is 202 g/mol. The topological polar surface area (TPSA) is 50.3 Å². The quantitative estimate of drug-likeness (QED) is 0.777. The molecule has 0 fully saturated rings. The van der Waals surface area contributed by atoms with E-state index >= 15 is 0 Å². The van der Waals surface area contributed by atoms with E-state index in [0.29, 0.717) is 0 Å². The summed E-state index contributed by atoms with van der Waals surface area (Å²) in [6.07, 6.45) is 2.96. The van der Waals surface area contributed by atoms with Crippen molar-refractivity contribution in [1.29, 1.82) is 0 Å². The van der Waals surface area contributed by atoms with Crippen LogP contribution in [0.15, 0.2) is 6.20 Å². The highest BCUT2D eigenvalue weighted by Crippen LogP contribution is 2.20. The van der Waals surface area contributed by atoms with Gasteiger partial charge in [0.25, 0.3) is 0 Å². The van der Waals surface area contributed by atoms with Crippen molar-refractivity contribution in [3.8, 4) is 0 Å². The van der Waals surface area contributed by atoms with Crippen molar-refractivity contribution in [1.82, 2.24) is 14.7 Å². The molecule has 0 amide bonds. The van der Waals surface area contributed by atoms with Gasteiger partial charge in [-0.1, -0.05) is 6.92 Å². The molecule has 1 heterocycles. The van der Waals surface area contributed by atoms with Gasteiger partial charge in [-0.2, -0.15) is 5.10 Å². The molecule has 0 saturated carbocycles. The Morgan fingerprint density at radius 3 is 2.44 bits per heavy atom. The summed E-state index contributed by atoms with van der Waals surface area (Å²) in [7, 11) is 6.05. The summed E-state index contributed by atoms with van der Waals surface area (Å²) in [4.78, 5) is 4.41. The summed E-state index contributed by atoms with van der Waals surface area (Å²) < 4.78 is 1.77. The van der Waals surface area contributed by atoms with E-state index in [1.54, 1.807) is 4.68 Å². The number of hydrogen-bond acceptors (Lipinski definition) is 4. The van der Waals surface area contributed by atoms with Gasteiger partial charge < -0.3 is 15.5 Å². The van der Waals surface area contributed by atoms with Crippen molar-refractivity contribution >= 4 is 11.5 Å². The van der Waals surface area contributed by atoms with Crippen molar-refractivity contribution < 1.29 is 0 Å². The zero-order valence-electron chi connectivity index (χ0n) is 10.8. The minimum absolute atomic E-state index is 0.759. The molecule has 0 atom stereocenters. The molecule has 2 N–H and O–H groups in total. The predicted octanol–water partition coefficient (Wildman–Crippen LogP) is 0.780. The Hall–Kier alpha value is -1.23. The third kappa shape index (κ3) is 3.41. The first-order valence-corrected chi connectivity index (χ1v) is 5.73. The lowest BCUT2D eigenvalue weighted by Crippen LogP contribution is -2.33. The van der Waals surface area contributed by atoms with Crippen LogP contribution in [-0.4, -0.2) is 48.4 Å². The van der Waals surface area contributed by atoms with Gasteiger partial charge in [0.2, 0.25) is 0 Å². The second kappa shape index (κ2) is 5.75. The number of nitrogens with two attached hydrogens (primary N) is 1. The fourth-order valence-electron chi connectivity index (χ4n) is 1.66. The third-order valence-corrected chi connectivity index (χ3v) is 2.45. The summed E-state index contributed by atoms with van der Waals surface area (Å²) in [6, 6.07) is 0. The van der Waals surface area contributed by atoms with Crippen LogP contribution in [-0.2, 0) is 7.05 Å². The van der Waals surface area contributed by atoms with E-state index in [1.165, 1.54) is 0 Å². The summed E-state index contributed by atoms with van der Waals surface area (Å²) in [5.41, 5.74) is 6.70.